The Morgan fingerprint density at radius 1 is 1.07 bits per heavy atom. The molecule has 0 saturated heterocycles. The number of rotatable bonds is 20. The molecule has 2 atom stereocenters. The van der Waals surface area contributed by atoms with E-state index in [4.69, 9.17) is 20.9 Å². The molecule has 0 unspecified atom stereocenters. The molecule has 0 bridgehead atoms. The average Bonchev–Trinajstić information content (AvgIpc) is 3.69. The fourth-order valence-corrected chi connectivity index (χ4v) is 6.77. The number of benzene rings is 1. The number of Topliss-reactive ketones (excluding diaryl/α,β-unsaturated/α-hetero) is 1. The first kappa shape index (κ1) is 34.6. The molecule has 1 aromatic rings. The van der Waals surface area contributed by atoms with Crippen LogP contribution in [0.1, 0.15) is 120 Å². The maximum atomic E-state index is 12.8. The Labute approximate surface area is 258 Å². The Balaban J connectivity index is 1.82. The van der Waals surface area contributed by atoms with E-state index < -0.39 is 0 Å². The van der Waals surface area contributed by atoms with Gasteiger partial charge in [0.2, 0.25) is 0 Å². The van der Waals surface area contributed by atoms with E-state index in [0.717, 1.165) is 62.0 Å². The number of phenolic OH excluding ortho intramolecular Hbond substituents is 1. The molecule has 0 aromatic heterocycles. The van der Waals surface area contributed by atoms with Gasteiger partial charge in [0.25, 0.3) is 0 Å². The largest absolute Gasteiger partial charge is 0.504 e. The minimum absolute atomic E-state index is 0.0310. The van der Waals surface area contributed by atoms with Crippen molar-refractivity contribution in [1.29, 1.82) is 0 Å². The van der Waals surface area contributed by atoms with Gasteiger partial charge in [-0.2, -0.15) is 0 Å². The van der Waals surface area contributed by atoms with E-state index in [1.165, 1.54) is 32.1 Å². The van der Waals surface area contributed by atoms with Crippen LogP contribution >= 0.6 is 0 Å². The number of nitrogens with zero attached hydrogens (tertiary/aromatic N) is 1. The van der Waals surface area contributed by atoms with Crippen molar-refractivity contribution in [2.75, 3.05) is 20.3 Å². The summed E-state index contributed by atoms with van der Waals surface area (Å²) in [5.74, 6) is 1.60. The molecule has 2 aliphatic carbocycles. The van der Waals surface area contributed by atoms with Crippen molar-refractivity contribution in [2.45, 2.75) is 122 Å². The maximum Gasteiger partial charge on any atom is 0.185 e. The number of ether oxygens (including phenoxy) is 2. The second-order valence-corrected chi connectivity index (χ2v) is 12.7. The number of hydrogen-bond donors (Lipinski definition) is 3. The van der Waals surface area contributed by atoms with Crippen molar-refractivity contribution in [3.05, 3.63) is 35.4 Å². The highest BCUT2D eigenvalue weighted by molar-refractivity contribution is 5.89. The van der Waals surface area contributed by atoms with E-state index in [1.807, 2.05) is 18.2 Å². The summed E-state index contributed by atoms with van der Waals surface area (Å²) in [4.78, 5) is 29.0. The van der Waals surface area contributed by atoms with Crippen LogP contribution in [0.2, 0.25) is 0 Å². The molecule has 0 aliphatic heterocycles. The third-order valence-electron chi connectivity index (χ3n) is 9.12. The van der Waals surface area contributed by atoms with E-state index in [1.54, 1.807) is 20.1 Å². The standard InChI is InChI=1S/C35H55N3O5/c1-25(39)17-20-31(28(24-42-2)13-9-21-38-35(36)37)32-22-27(23-33(34(32)41)43-30-15-7-8-16-30)18-19-29(40)14-6-5-12-26-10-3-4-11-26/h6,14,22-23,26,28,30-31,41H,3-5,7-13,15-21,24H2,1-2H3,(H4,36,37,38)/t28-,31-/m0/s1. The van der Waals surface area contributed by atoms with Crippen LogP contribution in [0.15, 0.2) is 29.3 Å². The molecule has 2 aliphatic rings. The van der Waals surface area contributed by atoms with Crippen LogP contribution < -0.4 is 16.2 Å². The number of carbonyl (C=O) groups excluding carboxylic acids is 2. The van der Waals surface area contributed by atoms with Crippen LogP contribution in [0.3, 0.4) is 0 Å². The lowest BCUT2D eigenvalue weighted by molar-refractivity contribution is -0.117. The molecule has 2 saturated carbocycles. The Bertz CT molecular complexity index is 1070. The number of aliphatic imine (C=N–C) groups is 1. The predicted molar refractivity (Wildman–Crippen MR) is 173 cm³/mol. The van der Waals surface area contributed by atoms with Gasteiger partial charge < -0.3 is 30.8 Å². The molecule has 0 radical (unpaired) electrons. The van der Waals surface area contributed by atoms with E-state index in [2.05, 4.69) is 4.99 Å². The summed E-state index contributed by atoms with van der Waals surface area (Å²) < 4.78 is 12.0. The summed E-state index contributed by atoms with van der Waals surface area (Å²) in [5.41, 5.74) is 12.8. The number of ketones is 2. The van der Waals surface area contributed by atoms with Crippen LogP contribution in [-0.4, -0.2) is 49.0 Å². The third-order valence-corrected chi connectivity index (χ3v) is 9.12. The van der Waals surface area contributed by atoms with E-state index in [9.17, 15) is 14.7 Å². The van der Waals surface area contributed by atoms with Gasteiger partial charge in [0.1, 0.15) is 5.78 Å². The molecule has 8 heteroatoms. The first-order chi connectivity index (χ1) is 20.8. The highest BCUT2D eigenvalue weighted by Gasteiger charge is 2.29. The van der Waals surface area contributed by atoms with Gasteiger partial charge in [0.05, 0.1) is 6.10 Å². The first-order valence-corrected chi connectivity index (χ1v) is 16.5. The zero-order chi connectivity index (χ0) is 31.0. The van der Waals surface area contributed by atoms with Crippen molar-refractivity contribution in [1.82, 2.24) is 0 Å². The topological polar surface area (TPSA) is 137 Å². The lowest BCUT2D eigenvalue weighted by Crippen LogP contribution is -2.23. The van der Waals surface area contributed by atoms with Crippen molar-refractivity contribution in [3.8, 4) is 11.5 Å². The minimum Gasteiger partial charge on any atom is -0.504 e. The van der Waals surface area contributed by atoms with Gasteiger partial charge in [-0.3, -0.25) is 9.79 Å². The average molecular weight is 598 g/mol. The van der Waals surface area contributed by atoms with Crippen molar-refractivity contribution in [2.24, 2.45) is 28.3 Å². The number of carbonyl (C=O) groups is 2. The van der Waals surface area contributed by atoms with Gasteiger partial charge in [-0.1, -0.05) is 37.8 Å². The van der Waals surface area contributed by atoms with Gasteiger partial charge in [-0.05, 0) is 107 Å². The Morgan fingerprint density at radius 3 is 2.47 bits per heavy atom. The Hall–Kier alpha value is -2.87. The summed E-state index contributed by atoms with van der Waals surface area (Å²) in [5, 5.41) is 11.6. The fraction of sp³-hybridized carbons (Fsp3) is 0.686. The lowest BCUT2D eigenvalue weighted by Gasteiger charge is -2.29. The predicted octanol–water partition coefficient (Wildman–Crippen LogP) is 6.51. The van der Waals surface area contributed by atoms with Crippen molar-refractivity contribution >= 4 is 17.5 Å². The van der Waals surface area contributed by atoms with Crippen LogP contribution in [0, 0.1) is 11.8 Å². The van der Waals surface area contributed by atoms with Crippen LogP contribution in [-0.2, 0) is 20.7 Å². The smallest absolute Gasteiger partial charge is 0.185 e. The number of guanidine groups is 1. The molecule has 1 aromatic carbocycles. The number of nitrogens with two attached hydrogens (primary N) is 2. The second kappa shape index (κ2) is 18.7. The summed E-state index contributed by atoms with van der Waals surface area (Å²) >= 11 is 0. The monoisotopic (exact) mass is 597 g/mol. The first-order valence-electron chi connectivity index (χ1n) is 16.5. The molecule has 3 rings (SSSR count). The summed E-state index contributed by atoms with van der Waals surface area (Å²) in [7, 11) is 1.67. The summed E-state index contributed by atoms with van der Waals surface area (Å²) in [6, 6.07) is 3.91. The lowest BCUT2D eigenvalue weighted by atomic mass is 9.79. The van der Waals surface area contributed by atoms with E-state index in [0.29, 0.717) is 44.6 Å². The van der Waals surface area contributed by atoms with Gasteiger partial charge in [-0.25, -0.2) is 0 Å². The molecular weight excluding hydrogens is 542 g/mol. The molecule has 8 nitrogen and oxygen atoms in total. The molecular formula is C35H55N3O5. The Kier molecular flexibility index (Phi) is 15.1. The van der Waals surface area contributed by atoms with E-state index >= 15 is 0 Å². The van der Waals surface area contributed by atoms with Crippen LogP contribution in [0.25, 0.3) is 0 Å². The number of aromatic hydroxyl groups is 1. The summed E-state index contributed by atoms with van der Waals surface area (Å²) in [6.07, 6.45) is 18.9. The number of methoxy groups -OCH3 is 1. The number of allylic oxidation sites excluding steroid dienone is 2. The Morgan fingerprint density at radius 2 is 1.79 bits per heavy atom. The number of hydrogen-bond acceptors (Lipinski definition) is 6. The van der Waals surface area contributed by atoms with Gasteiger partial charge in [0, 0.05) is 38.7 Å². The normalized spacial score (nSPS) is 17.3. The van der Waals surface area contributed by atoms with Gasteiger partial charge >= 0.3 is 0 Å². The molecule has 240 valence electrons. The van der Waals surface area contributed by atoms with Gasteiger partial charge in [-0.15, -0.1) is 0 Å². The molecule has 0 amide bonds. The molecule has 2 fully saturated rings. The van der Waals surface area contributed by atoms with Crippen molar-refractivity contribution in [3.63, 3.8) is 0 Å². The second-order valence-electron chi connectivity index (χ2n) is 12.7. The van der Waals surface area contributed by atoms with Crippen LogP contribution in [0.4, 0.5) is 0 Å². The number of aryl methyl sites for hydroxylation is 1. The molecule has 5 N–H and O–H groups in total. The van der Waals surface area contributed by atoms with Gasteiger partial charge in [0.15, 0.2) is 23.2 Å². The fourth-order valence-electron chi connectivity index (χ4n) is 6.77. The van der Waals surface area contributed by atoms with Crippen LogP contribution in [0.5, 0.6) is 11.5 Å². The minimum atomic E-state index is -0.139. The maximum absolute atomic E-state index is 12.8. The molecule has 0 heterocycles. The highest BCUT2D eigenvalue weighted by Crippen LogP contribution is 2.44. The van der Waals surface area contributed by atoms with E-state index in [-0.39, 0.29) is 41.2 Å². The zero-order valence-corrected chi connectivity index (χ0v) is 26.5. The third kappa shape index (κ3) is 12.3. The molecule has 43 heavy (non-hydrogen) atoms. The SMILES string of the molecule is COC[C@H](CCCN=C(N)N)[C@H](CCC(C)=O)c1cc(CCC(=O)C=CCCC2CCCC2)cc(OC2CCCC2)c1O. The summed E-state index contributed by atoms with van der Waals surface area (Å²) in [6.45, 7) is 2.57. The molecule has 0 spiro atoms. The highest BCUT2D eigenvalue weighted by atomic mass is 16.5. The number of phenols is 1. The zero-order valence-electron chi connectivity index (χ0n) is 26.5. The quantitative estimate of drug-likeness (QED) is 0.0674. The van der Waals surface area contributed by atoms with Crippen molar-refractivity contribution < 1.29 is 24.2 Å².